The molecular formula is C23H17O6-. The normalized spacial score (nSPS) is 11.0. The minimum atomic E-state index is -1.28. The van der Waals surface area contributed by atoms with Crippen LogP contribution < -0.4 is 15.3 Å². The molecule has 0 N–H and O–H groups in total. The summed E-state index contributed by atoms with van der Waals surface area (Å²) in [5.74, 6) is -0.721. The van der Waals surface area contributed by atoms with Crippen LogP contribution in [-0.4, -0.2) is 5.97 Å². The van der Waals surface area contributed by atoms with Crippen molar-refractivity contribution in [2.24, 2.45) is 0 Å². The van der Waals surface area contributed by atoms with Gasteiger partial charge in [-0.1, -0.05) is 18.2 Å². The number of benzene rings is 2. The Morgan fingerprint density at radius 3 is 2.59 bits per heavy atom. The Morgan fingerprint density at radius 1 is 1.07 bits per heavy atom. The van der Waals surface area contributed by atoms with Crippen LogP contribution in [0.1, 0.15) is 27.0 Å². The first-order valence-electron chi connectivity index (χ1n) is 8.99. The molecule has 0 aliphatic rings. The number of rotatable bonds is 5. The lowest BCUT2D eigenvalue weighted by atomic mass is 10.1. The number of carboxylic acids is 1. The monoisotopic (exact) mass is 389 g/mol. The van der Waals surface area contributed by atoms with Crippen molar-refractivity contribution in [3.05, 3.63) is 87.3 Å². The number of ether oxygens (including phenoxy) is 1. The van der Waals surface area contributed by atoms with Crippen molar-refractivity contribution in [1.82, 2.24) is 0 Å². The molecule has 29 heavy (non-hydrogen) atoms. The number of fused-ring (bicyclic) bond motifs is 1. The van der Waals surface area contributed by atoms with E-state index in [9.17, 15) is 14.7 Å². The van der Waals surface area contributed by atoms with E-state index in [1.807, 2.05) is 19.9 Å². The maximum absolute atomic E-state index is 13.2. The van der Waals surface area contributed by atoms with Crippen molar-refractivity contribution in [3.8, 4) is 17.3 Å². The van der Waals surface area contributed by atoms with E-state index in [0.717, 1.165) is 11.1 Å². The van der Waals surface area contributed by atoms with Crippen molar-refractivity contribution in [3.63, 3.8) is 0 Å². The number of hydrogen-bond acceptors (Lipinski definition) is 6. The molecule has 0 radical (unpaired) electrons. The Kier molecular flexibility index (Phi) is 4.68. The van der Waals surface area contributed by atoms with E-state index >= 15 is 0 Å². The highest BCUT2D eigenvalue weighted by atomic mass is 16.5. The number of aryl methyl sites for hydroxylation is 2. The molecule has 0 aliphatic heterocycles. The lowest BCUT2D eigenvalue weighted by molar-refractivity contribution is -0.255. The van der Waals surface area contributed by atoms with Crippen LogP contribution in [0.3, 0.4) is 0 Å². The average molecular weight is 389 g/mol. The van der Waals surface area contributed by atoms with Crippen molar-refractivity contribution in [1.29, 1.82) is 0 Å². The molecule has 0 saturated carbocycles. The molecule has 0 unspecified atom stereocenters. The summed E-state index contributed by atoms with van der Waals surface area (Å²) in [5, 5.41) is 11.5. The maximum atomic E-state index is 13.2. The molecule has 0 spiro atoms. The Labute approximate surface area is 166 Å². The molecule has 6 heteroatoms. The summed E-state index contributed by atoms with van der Waals surface area (Å²) in [7, 11) is 0. The summed E-state index contributed by atoms with van der Waals surface area (Å²) in [6.07, 6.45) is 1.48. The van der Waals surface area contributed by atoms with Crippen LogP contribution in [0.25, 0.3) is 22.5 Å². The van der Waals surface area contributed by atoms with Crippen molar-refractivity contribution >= 4 is 16.9 Å². The Bertz CT molecular complexity index is 1260. The highest BCUT2D eigenvalue weighted by Crippen LogP contribution is 2.32. The standard InChI is InChI=1S/C23H18O6/c1-13-9-17-19(10-14(13)2)29-21(18-7-4-8-27-18)22(20(17)24)28-12-15-5-3-6-16(11-15)23(25)26/h3-11H,12H2,1-2H3,(H,25,26)/p-1. The zero-order valence-electron chi connectivity index (χ0n) is 15.9. The van der Waals surface area contributed by atoms with Crippen molar-refractivity contribution in [2.45, 2.75) is 20.5 Å². The predicted molar refractivity (Wildman–Crippen MR) is 105 cm³/mol. The van der Waals surface area contributed by atoms with Gasteiger partial charge < -0.3 is 23.5 Å². The summed E-state index contributed by atoms with van der Waals surface area (Å²) in [6, 6.07) is 13.1. The summed E-state index contributed by atoms with van der Waals surface area (Å²) in [4.78, 5) is 24.2. The zero-order chi connectivity index (χ0) is 20.5. The summed E-state index contributed by atoms with van der Waals surface area (Å²) >= 11 is 0. The van der Waals surface area contributed by atoms with Gasteiger partial charge in [0, 0.05) is 0 Å². The van der Waals surface area contributed by atoms with E-state index in [1.165, 1.54) is 18.4 Å². The van der Waals surface area contributed by atoms with Gasteiger partial charge in [-0.2, -0.15) is 0 Å². The van der Waals surface area contributed by atoms with Gasteiger partial charge in [0.1, 0.15) is 12.2 Å². The van der Waals surface area contributed by atoms with Gasteiger partial charge in [-0.3, -0.25) is 4.79 Å². The molecule has 0 amide bonds. The third kappa shape index (κ3) is 3.52. The largest absolute Gasteiger partial charge is 0.545 e. The Hall–Kier alpha value is -3.80. The van der Waals surface area contributed by atoms with Gasteiger partial charge in [-0.05, 0) is 66.4 Å². The summed E-state index contributed by atoms with van der Waals surface area (Å²) in [5.41, 5.74) is 2.69. The van der Waals surface area contributed by atoms with Crippen LogP contribution in [-0.2, 0) is 6.61 Å². The lowest BCUT2D eigenvalue weighted by Gasteiger charge is -2.12. The van der Waals surface area contributed by atoms with Gasteiger partial charge in [0.2, 0.25) is 16.9 Å². The highest BCUT2D eigenvalue weighted by molar-refractivity contribution is 5.86. The Balaban J connectivity index is 1.82. The first-order chi connectivity index (χ1) is 13.9. The Morgan fingerprint density at radius 2 is 1.86 bits per heavy atom. The first-order valence-corrected chi connectivity index (χ1v) is 8.99. The van der Waals surface area contributed by atoms with Crippen LogP contribution in [0, 0.1) is 13.8 Å². The fourth-order valence-electron chi connectivity index (χ4n) is 3.08. The molecule has 2 heterocycles. The average Bonchev–Trinajstić information content (AvgIpc) is 3.23. The number of hydrogen-bond donors (Lipinski definition) is 0. The molecular weight excluding hydrogens is 372 g/mol. The van der Waals surface area contributed by atoms with Gasteiger partial charge in [-0.15, -0.1) is 0 Å². The first kappa shape index (κ1) is 18.6. The number of carbonyl (C=O) groups excluding carboxylic acids is 1. The topological polar surface area (TPSA) is 92.7 Å². The molecule has 0 fully saturated rings. The van der Waals surface area contributed by atoms with Gasteiger partial charge >= 0.3 is 0 Å². The molecule has 146 valence electrons. The van der Waals surface area contributed by atoms with Gasteiger partial charge in [-0.25, -0.2) is 0 Å². The third-order valence-electron chi connectivity index (χ3n) is 4.76. The predicted octanol–water partition coefficient (Wildman–Crippen LogP) is 3.61. The molecule has 0 atom stereocenters. The second kappa shape index (κ2) is 7.31. The fraction of sp³-hybridized carbons (Fsp3) is 0.130. The molecule has 4 rings (SSSR count). The van der Waals surface area contributed by atoms with E-state index in [-0.39, 0.29) is 29.1 Å². The van der Waals surface area contributed by atoms with Gasteiger partial charge in [0.25, 0.3) is 0 Å². The molecule has 0 saturated heterocycles. The lowest BCUT2D eigenvalue weighted by Crippen LogP contribution is -2.22. The molecule has 4 aromatic rings. The second-order valence-electron chi connectivity index (χ2n) is 6.78. The van der Waals surface area contributed by atoms with Crippen LogP contribution in [0.4, 0.5) is 0 Å². The molecule has 0 aliphatic carbocycles. The number of carbonyl (C=O) groups is 1. The second-order valence-corrected chi connectivity index (χ2v) is 6.78. The SMILES string of the molecule is Cc1cc2oc(-c3ccco3)c(OCc3cccc(C(=O)[O-])c3)c(=O)c2cc1C. The van der Waals surface area contributed by atoms with E-state index in [1.54, 1.807) is 30.3 Å². The quantitative estimate of drug-likeness (QED) is 0.518. The molecule has 2 aromatic carbocycles. The van der Waals surface area contributed by atoms with Gasteiger partial charge in [0.15, 0.2) is 5.76 Å². The van der Waals surface area contributed by atoms with Crippen molar-refractivity contribution < 1.29 is 23.5 Å². The van der Waals surface area contributed by atoms with E-state index < -0.39 is 5.97 Å². The smallest absolute Gasteiger partial charge is 0.235 e. The summed E-state index contributed by atoms with van der Waals surface area (Å²) in [6.45, 7) is 3.84. The van der Waals surface area contributed by atoms with Crippen molar-refractivity contribution in [2.75, 3.05) is 0 Å². The number of aromatic carboxylic acids is 1. The van der Waals surface area contributed by atoms with E-state index in [4.69, 9.17) is 13.6 Å². The molecule has 2 aromatic heterocycles. The van der Waals surface area contributed by atoms with Crippen LogP contribution >= 0.6 is 0 Å². The van der Waals surface area contributed by atoms with Crippen LogP contribution in [0.15, 0.2) is 68.4 Å². The summed E-state index contributed by atoms with van der Waals surface area (Å²) < 4.78 is 17.2. The van der Waals surface area contributed by atoms with Gasteiger partial charge in [0.05, 0.1) is 17.6 Å². The fourth-order valence-corrected chi connectivity index (χ4v) is 3.08. The molecule has 0 bridgehead atoms. The highest BCUT2D eigenvalue weighted by Gasteiger charge is 2.20. The minimum Gasteiger partial charge on any atom is -0.545 e. The third-order valence-corrected chi connectivity index (χ3v) is 4.76. The maximum Gasteiger partial charge on any atom is 0.235 e. The van der Waals surface area contributed by atoms with E-state index in [0.29, 0.717) is 22.3 Å². The van der Waals surface area contributed by atoms with Crippen LogP contribution in [0.2, 0.25) is 0 Å². The number of carboxylic acid groups (broad SMARTS) is 1. The van der Waals surface area contributed by atoms with E-state index in [2.05, 4.69) is 0 Å². The zero-order valence-corrected chi connectivity index (χ0v) is 15.9. The van der Waals surface area contributed by atoms with Crippen LogP contribution in [0.5, 0.6) is 5.75 Å². The minimum absolute atomic E-state index is 0.00885. The molecule has 6 nitrogen and oxygen atoms in total. The number of furan rings is 1.